The van der Waals surface area contributed by atoms with E-state index in [4.69, 9.17) is 0 Å². The van der Waals surface area contributed by atoms with Crippen LogP contribution in [0.25, 0.3) is 16.7 Å². The third-order valence-electron chi connectivity index (χ3n) is 6.05. The Balaban J connectivity index is 1.27. The van der Waals surface area contributed by atoms with E-state index in [0.29, 0.717) is 42.8 Å². The van der Waals surface area contributed by atoms with Crippen molar-refractivity contribution in [3.63, 3.8) is 0 Å². The fourth-order valence-electron chi connectivity index (χ4n) is 4.24. The molecule has 1 aromatic carbocycles. The fourth-order valence-corrected chi connectivity index (χ4v) is 4.24. The molecule has 2 aliphatic rings. The number of likely N-dealkylation sites (tertiary alicyclic amines) is 1. The Bertz CT molecular complexity index is 1270. The van der Waals surface area contributed by atoms with Gasteiger partial charge in [-0.25, -0.2) is 14.5 Å². The van der Waals surface area contributed by atoms with E-state index in [-0.39, 0.29) is 30.2 Å². The molecule has 2 aliphatic heterocycles. The van der Waals surface area contributed by atoms with E-state index in [2.05, 4.69) is 25.7 Å². The zero-order chi connectivity index (χ0) is 22.3. The molecule has 0 atom stereocenters. The monoisotopic (exact) mass is 435 g/mol. The van der Waals surface area contributed by atoms with E-state index in [1.165, 1.54) is 6.20 Å². The van der Waals surface area contributed by atoms with E-state index < -0.39 is 11.6 Å². The standard InChI is InChI=1S/C21H21N7O4/c29-16(27-10-8-21(9-11-27)19(31)25-20(32)26-21)7-6-15-23-17-14(18(30)24-15)12-22-28(17)13-4-2-1-3-5-13/h1-5,12H,6-11H2,(H,23,24,30)(H2,25,26,31,32). The molecule has 3 aromatic rings. The van der Waals surface area contributed by atoms with Gasteiger partial charge in [-0.2, -0.15) is 5.10 Å². The van der Waals surface area contributed by atoms with Gasteiger partial charge in [-0.1, -0.05) is 18.2 Å². The van der Waals surface area contributed by atoms with Crippen LogP contribution in [-0.4, -0.2) is 61.1 Å². The minimum Gasteiger partial charge on any atom is -0.342 e. The number of piperidine rings is 1. The highest BCUT2D eigenvalue weighted by Gasteiger charge is 2.48. The zero-order valence-corrected chi connectivity index (χ0v) is 17.1. The van der Waals surface area contributed by atoms with Crippen molar-refractivity contribution in [2.75, 3.05) is 13.1 Å². The Hall–Kier alpha value is -4.02. The summed E-state index contributed by atoms with van der Waals surface area (Å²) >= 11 is 0. The molecule has 2 aromatic heterocycles. The van der Waals surface area contributed by atoms with Gasteiger partial charge in [0.1, 0.15) is 16.7 Å². The number of urea groups is 1. The maximum Gasteiger partial charge on any atom is 0.322 e. The van der Waals surface area contributed by atoms with Crippen molar-refractivity contribution < 1.29 is 14.4 Å². The number of nitrogens with zero attached hydrogens (tertiary/aromatic N) is 4. The number of fused-ring (bicyclic) bond motifs is 1. The maximum atomic E-state index is 12.7. The molecule has 11 heteroatoms. The third-order valence-corrected chi connectivity index (χ3v) is 6.05. The molecule has 0 aliphatic carbocycles. The number of H-pyrrole nitrogens is 1. The van der Waals surface area contributed by atoms with Gasteiger partial charge in [0.2, 0.25) is 5.91 Å². The molecule has 2 fully saturated rings. The normalized spacial score (nSPS) is 17.6. The highest BCUT2D eigenvalue weighted by molar-refractivity contribution is 6.07. The molecule has 0 bridgehead atoms. The molecule has 0 saturated carbocycles. The molecule has 1 spiro atoms. The summed E-state index contributed by atoms with van der Waals surface area (Å²) in [6.45, 7) is 0.743. The molecule has 2 saturated heterocycles. The summed E-state index contributed by atoms with van der Waals surface area (Å²) in [7, 11) is 0. The van der Waals surface area contributed by atoms with Crippen LogP contribution in [0, 0.1) is 0 Å². The lowest BCUT2D eigenvalue weighted by molar-refractivity contribution is -0.135. The first-order valence-electron chi connectivity index (χ1n) is 10.4. The lowest BCUT2D eigenvalue weighted by atomic mass is 9.87. The summed E-state index contributed by atoms with van der Waals surface area (Å²) in [6, 6.07) is 8.89. The van der Waals surface area contributed by atoms with Crippen LogP contribution < -0.4 is 16.2 Å². The Morgan fingerprint density at radius 3 is 2.53 bits per heavy atom. The topological polar surface area (TPSA) is 142 Å². The summed E-state index contributed by atoms with van der Waals surface area (Å²) < 4.78 is 1.60. The minimum atomic E-state index is -0.915. The Morgan fingerprint density at radius 1 is 1.09 bits per heavy atom. The predicted octanol–water partition coefficient (Wildman–Crippen LogP) is 0.242. The number of benzene rings is 1. The molecule has 5 rings (SSSR count). The van der Waals surface area contributed by atoms with Crippen molar-refractivity contribution in [3.8, 4) is 5.69 Å². The lowest BCUT2D eigenvalue weighted by Gasteiger charge is -2.37. The molecule has 32 heavy (non-hydrogen) atoms. The Kier molecular flexibility index (Phi) is 4.72. The molecule has 3 N–H and O–H groups in total. The number of aromatic amines is 1. The first kappa shape index (κ1) is 19.9. The second-order valence-corrected chi connectivity index (χ2v) is 8.01. The van der Waals surface area contributed by atoms with Gasteiger partial charge in [-0.15, -0.1) is 0 Å². The summed E-state index contributed by atoms with van der Waals surface area (Å²) in [5.74, 6) is -0.0203. The molecule has 4 heterocycles. The molecule has 164 valence electrons. The molecule has 11 nitrogen and oxygen atoms in total. The van der Waals surface area contributed by atoms with Gasteiger partial charge in [-0.05, 0) is 25.0 Å². The number of hydrogen-bond donors (Lipinski definition) is 3. The number of carbonyl (C=O) groups excluding carboxylic acids is 3. The number of nitrogens with one attached hydrogen (secondary N) is 3. The highest BCUT2D eigenvalue weighted by atomic mass is 16.2. The molecule has 0 unspecified atom stereocenters. The van der Waals surface area contributed by atoms with Gasteiger partial charge in [0, 0.05) is 25.9 Å². The van der Waals surface area contributed by atoms with Crippen LogP contribution in [0.2, 0.25) is 0 Å². The van der Waals surface area contributed by atoms with Crippen LogP contribution in [-0.2, 0) is 16.0 Å². The van der Waals surface area contributed by atoms with Crippen molar-refractivity contribution >= 4 is 28.9 Å². The number of amides is 4. The quantitative estimate of drug-likeness (QED) is 0.501. The Labute approximate surface area is 181 Å². The predicted molar refractivity (Wildman–Crippen MR) is 113 cm³/mol. The molecular formula is C21H21N7O4. The molecule has 4 amide bonds. The average molecular weight is 435 g/mol. The van der Waals surface area contributed by atoms with Gasteiger partial charge in [0.15, 0.2) is 5.65 Å². The van der Waals surface area contributed by atoms with Gasteiger partial charge in [0.25, 0.3) is 11.5 Å². The number of para-hydroxylation sites is 1. The number of carbonyl (C=O) groups is 3. The van der Waals surface area contributed by atoms with Crippen LogP contribution >= 0.6 is 0 Å². The number of rotatable bonds is 4. The van der Waals surface area contributed by atoms with E-state index >= 15 is 0 Å². The first-order valence-corrected chi connectivity index (χ1v) is 10.4. The number of aryl methyl sites for hydroxylation is 1. The second-order valence-electron chi connectivity index (χ2n) is 8.01. The number of hydrogen-bond acceptors (Lipinski definition) is 6. The van der Waals surface area contributed by atoms with Crippen LogP contribution in [0.3, 0.4) is 0 Å². The van der Waals surface area contributed by atoms with Gasteiger partial charge >= 0.3 is 6.03 Å². The fraction of sp³-hybridized carbons (Fsp3) is 0.333. The smallest absolute Gasteiger partial charge is 0.322 e. The molecular weight excluding hydrogens is 414 g/mol. The summed E-state index contributed by atoms with van der Waals surface area (Å²) in [4.78, 5) is 57.6. The van der Waals surface area contributed by atoms with Crippen LogP contribution in [0.1, 0.15) is 25.1 Å². The minimum absolute atomic E-state index is 0.0936. The van der Waals surface area contributed by atoms with Crippen molar-refractivity contribution in [1.29, 1.82) is 0 Å². The van der Waals surface area contributed by atoms with Crippen molar-refractivity contribution in [2.45, 2.75) is 31.2 Å². The summed E-state index contributed by atoms with van der Waals surface area (Å²) in [5.41, 5.74) is 0.00222. The van der Waals surface area contributed by atoms with E-state index in [9.17, 15) is 19.2 Å². The number of imide groups is 1. The number of aromatic nitrogens is 4. The first-order chi connectivity index (χ1) is 15.4. The Morgan fingerprint density at radius 2 is 1.84 bits per heavy atom. The largest absolute Gasteiger partial charge is 0.342 e. The lowest BCUT2D eigenvalue weighted by Crippen LogP contribution is -2.55. The summed E-state index contributed by atoms with van der Waals surface area (Å²) in [6.07, 6.45) is 2.65. The molecule has 0 radical (unpaired) electrons. The van der Waals surface area contributed by atoms with Crippen LogP contribution in [0.4, 0.5) is 4.79 Å². The van der Waals surface area contributed by atoms with Crippen molar-refractivity contribution in [2.24, 2.45) is 0 Å². The van der Waals surface area contributed by atoms with Gasteiger partial charge in [0.05, 0.1) is 11.9 Å². The van der Waals surface area contributed by atoms with E-state index in [1.807, 2.05) is 30.3 Å². The third kappa shape index (κ3) is 3.41. The van der Waals surface area contributed by atoms with Gasteiger partial charge < -0.3 is 15.2 Å². The second kappa shape index (κ2) is 7.59. The van der Waals surface area contributed by atoms with Crippen LogP contribution in [0.15, 0.2) is 41.3 Å². The maximum absolute atomic E-state index is 12.7. The SMILES string of the molecule is O=C1NC(=O)C2(CCN(C(=O)CCc3nc4c(cnn4-c4ccccc4)c(=O)[nH]3)CC2)N1. The van der Waals surface area contributed by atoms with Crippen molar-refractivity contribution in [1.82, 2.24) is 35.3 Å². The van der Waals surface area contributed by atoms with E-state index in [0.717, 1.165) is 5.69 Å². The van der Waals surface area contributed by atoms with Crippen LogP contribution in [0.5, 0.6) is 0 Å². The summed E-state index contributed by atoms with van der Waals surface area (Å²) in [5, 5.41) is 9.60. The zero-order valence-electron chi connectivity index (χ0n) is 17.1. The average Bonchev–Trinajstić information content (AvgIpc) is 3.34. The van der Waals surface area contributed by atoms with E-state index in [1.54, 1.807) is 9.58 Å². The van der Waals surface area contributed by atoms with Crippen molar-refractivity contribution in [3.05, 3.63) is 52.7 Å². The van der Waals surface area contributed by atoms with Gasteiger partial charge in [-0.3, -0.25) is 19.7 Å². The highest BCUT2D eigenvalue weighted by Crippen LogP contribution is 2.26.